The minimum absolute atomic E-state index is 0.187. The molecule has 4 heterocycles. The molecule has 0 aromatic carbocycles. The van der Waals surface area contributed by atoms with Crippen molar-refractivity contribution in [3.63, 3.8) is 0 Å². The van der Waals surface area contributed by atoms with Gasteiger partial charge in [-0.25, -0.2) is 0 Å². The lowest BCUT2D eigenvalue weighted by atomic mass is 9.71. The van der Waals surface area contributed by atoms with E-state index in [4.69, 9.17) is 4.74 Å². The molecule has 1 aromatic rings. The van der Waals surface area contributed by atoms with Crippen LogP contribution in [0, 0.1) is 0 Å². The zero-order valence-corrected chi connectivity index (χ0v) is 17.3. The van der Waals surface area contributed by atoms with Crippen LogP contribution in [0.2, 0.25) is 0 Å². The quantitative estimate of drug-likeness (QED) is 0.737. The van der Waals surface area contributed by atoms with Crippen LogP contribution < -0.4 is 4.90 Å². The Labute approximate surface area is 163 Å². The molecule has 2 bridgehead atoms. The molecule has 6 heteroatoms. The third-order valence-corrected chi connectivity index (χ3v) is 7.45. The topological polar surface area (TPSA) is 45.7 Å². The van der Waals surface area contributed by atoms with E-state index in [1.54, 1.807) is 6.20 Å². The highest BCUT2D eigenvalue weighted by Crippen LogP contribution is 2.51. The van der Waals surface area contributed by atoms with E-state index in [1.807, 2.05) is 18.7 Å². The third kappa shape index (κ3) is 2.21. The van der Waals surface area contributed by atoms with Crippen molar-refractivity contribution in [2.75, 3.05) is 18.1 Å². The van der Waals surface area contributed by atoms with Gasteiger partial charge in [0, 0.05) is 34.3 Å². The van der Waals surface area contributed by atoms with Crippen LogP contribution in [-0.4, -0.2) is 52.7 Å². The second-order valence-corrected chi connectivity index (χ2v) is 10.1. The maximum absolute atomic E-state index is 13.2. The number of fused-ring (bicyclic) bond motifs is 3. The lowest BCUT2D eigenvalue weighted by Crippen LogP contribution is -2.67. The Hall–Kier alpha value is -0.980. The molecule has 4 aliphatic rings. The fourth-order valence-corrected chi connectivity index (χ4v) is 6.15. The van der Waals surface area contributed by atoms with Gasteiger partial charge in [0.1, 0.15) is 0 Å². The summed E-state index contributed by atoms with van der Waals surface area (Å²) in [6, 6.07) is 3.46. The average Bonchev–Trinajstić information content (AvgIpc) is 2.92. The highest BCUT2D eigenvalue weighted by atomic mass is 79.9. The predicted octanol–water partition coefficient (Wildman–Crippen LogP) is 3.25. The van der Waals surface area contributed by atoms with E-state index in [2.05, 4.69) is 38.8 Å². The standard InChI is InChI=1S/C20H26BrN3O2/c1-19(2)17-16(6-12(21)9-22-17)23(18(19)25)15-7-20(3,8-15)24-13-4-5-14(24)11-26-10-13/h6,9,13-15H,4-5,7-8,10-11H2,1-3H3/t13-,14?,15?,20?/m0/s1. The van der Waals surface area contributed by atoms with Crippen molar-refractivity contribution >= 4 is 27.5 Å². The number of halogens is 1. The van der Waals surface area contributed by atoms with Gasteiger partial charge in [0.2, 0.25) is 5.91 Å². The lowest BCUT2D eigenvalue weighted by Gasteiger charge is -2.58. The van der Waals surface area contributed by atoms with Crippen molar-refractivity contribution in [3.8, 4) is 0 Å². The SMILES string of the molecule is CC1(C)C(=O)N(C2CC(C)(N3C4CC[C@H]3COC4)C2)c2cc(Br)cnc21. The second-order valence-electron chi connectivity index (χ2n) is 9.21. The molecule has 2 atom stereocenters. The largest absolute Gasteiger partial charge is 0.378 e. The molecule has 1 aromatic heterocycles. The normalized spacial score (nSPS) is 38.4. The monoisotopic (exact) mass is 419 g/mol. The Balaban J connectivity index is 1.41. The van der Waals surface area contributed by atoms with Gasteiger partial charge < -0.3 is 9.64 Å². The smallest absolute Gasteiger partial charge is 0.239 e. The summed E-state index contributed by atoms with van der Waals surface area (Å²) in [7, 11) is 0. The Bertz CT molecular complexity index is 758. The van der Waals surface area contributed by atoms with Gasteiger partial charge >= 0.3 is 0 Å². The zero-order chi connectivity index (χ0) is 18.3. The molecular formula is C20H26BrN3O2. The van der Waals surface area contributed by atoms with Gasteiger partial charge in [-0.2, -0.15) is 0 Å². The molecule has 0 spiro atoms. The van der Waals surface area contributed by atoms with E-state index in [0.717, 1.165) is 41.9 Å². The maximum Gasteiger partial charge on any atom is 0.239 e. The van der Waals surface area contributed by atoms with E-state index in [0.29, 0.717) is 12.1 Å². The summed E-state index contributed by atoms with van der Waals surface area (Å²) in [6.07, 6.45) is 6.37. The number of anilines is 1. The summed E-state index contributed by atoms with van der Waals surface area (Å²) in [4.78, 5) is 22.5. The zero-order valence-electron chi connectivity index (χ0n) is 15.7. The average molecular weight is 420 g/mol. The molecule has 1 saturated carbocycles. The minimum atomic E-state index is -0.542. The van der Waals surface area contributed by atoms with Crippen LogP contribution in [0.5, 0.6) is 0 Å². The number of hydrogen-bond acceptors (Lipinski definition) is 4. The van der Waals surface area contributed by atoms with Crippen LogP contribution in [0.3, 0.4) is 0 Å². The van der Waals surface area contributed by atoms with E-state index in [-0.39, 0.29) is 17.5 Å². The molecule has 1 aliphatic carbocycles. The Morgan fingerprint density at radius 2 is 1.81 bits per heavy atom. The fourth-order valence-electron chi connectivity index (χ4n) is 5.83. The predicted molar refractivity (Wildman–Crippen MR) is 103 cm³/mol. The molecule has 1 amide bonds. The summed E-state index contributed by atoms with van der Waals surface area (Å²) in [5, 5.41) is 0. The van der Waals surface area contributed by atoms with Crippen LogP contribution in [0.1, 0.15) is 52.1 Å². The van der Waals surface area contributed by atoms with Crippen LogP contribution in [-0.2, 0) is 14.9 Å². The molecule has 5 rings (SSSR count). The number of ether oxygens (including phenoxy) is 1. The molecule has 26 heavy (non-hydrogen) atoms. The number of morpholine rings is 1. The van der Waals surface area contributed by atoms with E-state index >= 15 is 0 Å². The maximum atomic E-state index is 13.2. The number of amides is 1. The molecular weight excluding hydrogens is 394 g/mol. The summed E-state index contributed by atoms with van der Waals surface area (Å²) in [5.74, 6) is 0.190. The van der Waals surface area contributed by atoms with Gasteiger partial charge in [0.15, 0.2) is 0 Å². The number of hydrogen-bond donors (Lipinski definition) is 0. The van der Waals surface area contributed by atoms with E-state index < -0.39 is 5.41 Å². The molecule has 2 saturated heterocycles. The van der Waals surface area contributed by atoms with Crippen LogP contribution in [0.15, 0.2) is 16.7 Å². The number of aromatic nitrogens is 1. The summed E-state index contributed by atoms with van der Waals surface area (Å²) in [5.41, 5.74) is 1.55. The summed E-state index contributed by atoms with van der Waals surface area (Å²) < 4.78 is 6.69. The molecule has 140 valence electrons. The highest BCUT2D eigenvalue weighted by Gasteiger charge is 2.58. The Morgan fingerprint density at radius 3 is 2.46 bits per heavy atom. The van der Waals surface area contributed by atoms with E-state index in [1.165, 1.54) is 12.8 Å². The first-order chi connectivity index (χ1) is 12.3. The third-order valence-electron chi connectivity index (χ3n) is 7.02. The second kappa shape index (κ2) is 5.52. The molecule has 3 fully saturated rings. The van der Waals surface area contributed by atoms with Crippen molar-refractivity contribution in [1.82, 2.24) is 9.88 Å². The van der Waals surface area contributed by atoms with Gasteiger partial charge in [0.05, 0.1) is 30.0 Å². The van der Waals surface area contributed by atoms with Crippen molar-refractivity contribution in [2.45, 2.75) is 75.5 Å². The molecule has 0 radical (unpaired) electrons. The highest BCUT2D eigenvalue weighted by molar-refractivity contribution is 9.10. The van der Waals surface area contributed by atoms with Crippen molar-refractivity contribution in [3.05, 3.63) is 22.4 Å². The van der Waals surface area contributed by atoms with Gasteiger partial charge in [-0.3, -0.25) is 14.7 Å². The molecule has 3 aliphatic heterocycles. The van der Waals surface area contributed by atoms with Crippen LogP contribution >= 0.6 is 15.9 Å². The van der Waals surface area contributed by atoms with Crippen molar-refractivity contribution in [1.29, 1.82) is 0 Å². The number of carbonyl (C=O) groups is 1. The summed E-state index contributed by atoms with van der Waals surface area (Å²) in [6.45, 7) is 8.11. The van der Waals surface area contributed by atoms with Gasteiger partial charge in [-0.15, -0.1) is 0 Å². The Morgan fingerprint density at radius 1 is 1.15 bits per heavy atom. The fraction of sp³-hybridized carbons (Fsp3) is 0.700. The molecule has 0 N–H and O–H groups in total. The first-order valence-corrected chi connectivity index (χ1v) is 10.5. The number of carbonyl (C=O) groups excluding carboxylic acids is 1. The van der Waals surface area contributed by atoms with Gasteiger partial charge in [-0.1, -0.05) is 0 Å². The number of pyridine rings is 1. The Kier molecular flexibility index (Phi) is 3.64. The van der Waals surface area contributed by atoms with Crippen LogP contribution in [0.4, 0.5) is 5.69 Å². The van der Waals surface area contributed by atoms with Gasteiger partial charge in [-0.05, 0) is 68.5 Å². The first-order valence-electron chi connectivity index (χ1n) is 9.67. The number of rotatable bonds is 2. The molecule has 1 unspecified atom stereocenters. The first kappa shape index (κ1) is 17.1. The van der Waals surface area contributed by atoms with Crippen molar-refractivity contribution in [2.24, 2.45) is 0 Å². The number of nitrogens with zero attached hydrogens (tertiary/aromatic N) is 3. The van der Waals surface area contributed by atoms with Crippen molar-refractivity contribution < 1.29 is 9.53 Å². The van der Waals surface area contributed by atoms with E-state index in [9.17, 15) is 4.79 Å². The molecule has 5 nitrogen and oxygen atoms in total. The van der Waals surface area contributed by atoms with Crippen LogP contribution in [0.25, 0.3) is 0 Å². The lowest BCUT2D eigenvalue weighted by molar-refractivity contribution is -0.126. The van der Waals surface area contributed by atoms with Gasteiger partial charge in [0.25, 0.3) is 0 Å². The summed E-state index contributed by atoms with van der Waals surface area (Å²) >= 11 is 3.53. The minimum Gasteiger partial charge on any atom is -0.378 e.